The average Bonchev–Trinajstić information content (AvgIpc) is 2.94. The van der Waals surface area contributed by atoms with Crippen molar-refractivity contribution in [3.8, 4) is 0 Å². The van der Waals surface area contributed by atoms with Crippen molar-refractivity contribution < 1.29 is 4.79 Å². The van der Waals surface area contributed by atoms with E-state index in [9.17, 15) is 9.59 Å². The number of nitrogens with zero attached hydrogens (tertiary/aromatic N) is 3. The van der Waals surface area contributed by atoms with E-state index in [0.717, 1.165) is 37.1 Å². The first-order valence-corrected chi connectivity index (χ1v) is 9.13. The number of carbonyl (C=O) groups excluding carboxylic acids is 1. The third-order valence-electron chi connectivity index (χ3n) is 4.69. The van der Waals surface area contributed by atoms with Gasteiger partial charge in [0, 0.05) is 37.1 Å². The zero-order valence-electron chi connectivity index (χ0n) is 14.9. The highest BCUT2D eigenvalue weighted by molar-refractivity contribution is 6.02. The average molecular weight is 360 g/mol. The van der Waals surface area contributed by atoms with Gasteiger partial charge in [0.2, 0.25) is 5.91 Å². The second-order valence-corrected chi connectivity index (χ2v) is 6.64. The van der Waals surface area contributed by atoms with E-state index in [0.29, 0.717) is 23.1 Å². The van der Waals surface area contributed by atoms with Gasteiger partial charge in [-0.3, -0.25) is 19.1 Å². The number of hydrogen-bond acceptors (Lipinski definition) is 4. The summed E-state index contributed by atoms with van der Waals surface area (Å²) >= 11 is 0. The summed E-state index contributed by atoms with van der Waals surface area (Å²) in [7, 11) is 0. The summed E-state index contributed by atoms with van der Waals surface area (Å²) in [6.45, 7) is 0.710. The molecule has 1 amide bonds. The summed E-state index contributed by atoms with van der Waals surface area (Å²) in [6, 6.07) is 8.95. The van der Waals surface area contributed by atoms with Crippen LogP contribution >= 0.6 is 0 Å². The van der Waals surface area contributed by atoms with Crippen LogP contribution in [0.4, 0.5) is 5.69 Å². The van der Waals surface area contributed by atoms with Gasteiger partial charge in [0.1, 0.15) is 5.82 Å². The minimum Gasteiger partial charge on any atom is -0.322 e. The van der Waals surface area contributed by atoms with Crippen LogP contribution in [0.15, 0.2) is 53.6 Å². The predicted molar refractivity (Wildman–Crippen MR) is 105 cm³/mol. The highest BCUT2D eigenvalue weighted by Crippen LogP contribution is 2.18. The van der Waals surface area contributed by atoms with Gasteiger partial charge in [-0.05, 0) is 48.7 Å². The van der Waals surface area contributed by atoms with Crippen LogP contribution in [0.3, 0.4) is 0 Å². The van der Waals surface area contributed by atoms with Crippen LogP contribution in [0.25, 0.3) is 17.0 Å². The predicted octanol–water partition coefficient (Wildman–Crippen LogP) is 3.17. The molecule has 3 aromatic rings. The molecule has 0 radical (unpaired) electrons. The molecule has 2 aromatic heterocycles. The van der Waals surface area contributed by atoms with Gasteiger partial charge in [-0.15, -0.1) is 0 Å². The molecule has 0 aliphatic carbocycles. The molecule has 0 fully saturated rings. The van der Waals surface area contributed by atoms with Gasteiger partial charge in [0.05, 0.1) is 10.9 Å². The van der Waals surface area contributed by atoms with Crippen molar-refractivity contribution >= 4 is 28.6 Å². The van der Waals surface area contributed by atoms with Gasteiger partial charge in [-0.25, -0.2) is 4.98 Å². The van der Waals surface area contributed by atoms with E-state index >= 15 is 0 Å². The number of carbonyl (C=O) groups is 1. The number of fused-ring (bicyclic) bond motifs is 2. The molecule has 1 aliphatic heterocycles. The zero-order valence-corrected chi connectivity index (χ0v) is 14.9. The fraction of sp³-hybridized carbons (Fsp3) is 0.238. The van der Waals surface area contributed by atoms with Crippen molar-refractivity contribution in [2.45, 2.75) is 32.2 Å². The second-order valence-electron chi connectivity index (χ2n) is 6.64. The smallest absolute Gasteiger partial charge is 0.261 e. The number of hydrogen-bond donors (Lipinski definition) is 1. The van der Waals surface area contributed by atoms with Crippen molar-refractivity contribution in [2.75, 3.05) is 5.32 Å². The number of anilines is 1. The van der Waals surface area contributed by atoms with E-state index in [1.54, 1.807) is 41.2 Å². The van der Waals surface area contributed by atoms with Crippen molar-refractivity contribution in [1.82, 2.24) is 14.5 Å². The van der Waals surface area contributed by atoms with Crippen LogP contribution in [-0.2, 0) is 17.8 Å². The third-order valence-corrected chi connectivity index (χ3v) is 4.69. The van der Waals surface area contributed by atoms with Crippen LogP contribution in [0.1, 0.15) is 30.7 Å². The van der Waals surface area contributed by atoms with Crippen LogP contribution in [0.5, 0.6) is 0 Å². The highest BCUT2D eigenvalue weighted by atomic mass is 16.1. The second kappa shape index (κ2) is 7.53. The summed E-state index contributed by atoms with van der Waals surface area (Å²) < 4.78 is 1.78. The molecule has 0 saturated heterocycles. The summed E-state index contributed by atoms with van der Waals surface area (Å²) in [5.74, 6) is 0.599. The fourth-order valence-corrected chi connectivity index (χ4v) is 3.33. The zero-order chi connectivity index (χ0) is 18.6. The maximum atomic E-state index is 12.9. The molecule has 27 heavy (non-hydrogen) atoms. The van der Waals surface area contributed by atoms with Gasteiger partial charge in [0.25, 0.3) is 5.56 Å². The molecule has 1 aliphatic rings. The monoisotopic (exact) mass is 360 g/mol. The molecule has 0 spiro atoms. The number of nitrogens with one attached hydrogen (secondary N) is 1. The Kier molecular flexibility index (Phi) is 4.78. The minimum atomic E-state index is -0.263. The first kappa shape index (κ1) is 17.1. The van der Waals surface area contributed by atoms with Gasteiger partial charge in [-0.2, -0.15) is 0 Å². The Morgan fingerprint density at radius 2 is 2.11 bits per heavy atom. The van der Waals surface area contributed by atoms with Crippen LogP contribution in [-0.4, -0.2) is 20.4 Å². The highest BCUT2D eigenvalue weighted by Gasteiger charge is 2.14. The summed E-state index contributed by atoms with van der Waals surface area (Å²) in [5, 5.41) is 3.34. The lowest BCUT2D eigenvalue weighted by atomic mass is 10.2. The van der Waals surface area contributed by atoms with Crippen LogP contribution in [0, 0.1) is 0 Å². The van der Waals surface area contributed by atoms with E-state index in [-0.39, 0.29) is 11.5 Å². The molecule has 0 unspecified atom stereocenters. The molecule has 6 heteroatoms. The fourth-order valence-electron chi connectivity index (χ4n) is 3.33. The molecular weight excluding hydrogens is 340 g/mol. The number of rotatable bonds is 3. The topological polar surface area (TPSA) is 76.9 Å². The molecule has 4 rings (SSSR count). The molecular formula is C21H20N4O2. The quantitative estimate of drug-likeness (QED) is 0.728. The van der Waals surface area contributed by atoms with E-state index in [4.69, 9.17) is 0 Å². The molecule has 0 saturated carbocycles. The molecule has 3 heterocycles. The molecule has 0 bridgehead atoms. The standard InChI is InChI=1S/C21H20N4O2/c26-20(10-7-15-5-4-11-22-14-15)23-16-8-9-18-17(13-16)21(27)25-12-3-1-2-6-19(25)24-18/h4-5,7-11,13-14H,1-3,6,12H2,(H,23,26)/b10-7+. The Labute approximate surface area is 156 Å². The van der Waals surface area contributed by atoms with E-state index in [2.05, 4.69) is 15.3 Å². The number of aryl methyl sites for hydroxylation is 1. The lowest BCUT2D eigenvalue weighted by molar-refractivity contribution is -0.111. The molecule has 0 atom stereocenters. The van der Waals surface area contributed by atoms with Gasteiger partial charge in [-0.1, -0.05) is 12.5 Å². The van der Waals surface area contributed by atoms with E-state index in [1.165, 1.54) is 6.08 Å². The Morgan fingerprint density at radius 1 is 1.19 bits per heavy atom. The summed E-state index contributed by atoms with van der Waals surface area (Å²) in [5.41, 5.74) is 2.07. The normalized spacial score (nSPS) is 14.1. The Balaban J connectivity index is 1.60. The number of benzene rings is 1. The largest absolute Gasteiger partial charge is 0.322 e. The van der Waals surface area contributed by atoms with Crippen molar-refractivity contribution in [3.63, 3.8) is 0 Å². The van der Waals surface area contributed by atoms with Gasteiger partial charge >= 0.3 is 0 Å². The lowest BCUT2D eigenvalue weighted by Gasteiger charge is -2.11. The molecule has 1 aromatic carbocycles. The third kappa shape index (κ3) is 3.79. The maximum Gasteiger partial charge on any atom is 0.261 e. The first-order valence-electron chi connectivity index (χ1n) is 9.13. The number of pyridine rings is 1. The van der Waals surface area contributed by atoms with E-state index in [1.807, 2.05) is 12.1 Å². The van der Waals surface area contributed by atoms with Gasteiger partial charge in [0.15, 0.2) is 0 Å². The van der Waals surface area contributed by atoms with Gasteiger partial charge < -0.3 is 5.32 Å². The van der Waals surface area contributed by atoms with Crippen LogP contribution in [0.2, 0.25) is 0 Å². The lowest BCUT2D eigenvalue weighted by Crippen LogP contribution is -2.24. The molecule has 6 nitrogen and oxygen atoms in total. The Hall–Kier alpha value is -3.28. The first-order chi connectivity index (χ1) is 13.2. The molecule has 136 valence electrons. The maximum absolute atomic E-state index is 12.9. The van der Waals surface area contributed by atoms with Crippen molar-refractivity contribution in [1.29, 1.82) is 0 Å². The SMILES string of the molecule is O=C(/C=C/c1cccnc1)Nc1ccc2nc3n(c(=O)c2c1)CCCCC3. The summed E-state index contributed by atoms with van der Waals surface area (Å²) in [6.07, 6.45) is 10.5. The minimum absolute atomic E-state index is 0.0288. The van der Waals surface area contributed by atoms with Crippen molar-refractivity contribution in [3.05, 3.63) is 70.5 Å². The number of aromatic nitrogens is 3. The van der Waals surface area contributed by atoms with E-state index < -0.39 is 0 Å². The molecule has 1 N–H and O–H groups in total. The summed E-state index contributed by atoms with van der Waals surface area (Å²) in [4.78, 5) is 33.7. The van der Waals surface area contributed by atoms with Crippen LogP contribution < -0.4 is 10.9 Å². The number of amides is 1. The Morgan fingerprint density at radius 3 is 2.96 bits per heavy atom. The Bertz CT molecular complexity index is 1070. The van der Waals surface area contributed by atoms with Crippen molar-refractivity contribution in [2.24, 2.45) is 0 Å².